The zero-order chi connectivity index (χ0) is 16.4. The highest BCUT2D eigenvalue weighted by Crippen LogP contribution is 2.20. The van der Waals surface area contributed by atoms with Gasteiger partial charge in [-0.15, -0.1) is 0 Å². The molecule has 0 spiro atoms. The number of sulfonamides is 1. The predicted octanol–water partition coefficient (Wildman–Crippen LogP) is 2.19. The van der Waals surface area contributed by atoms with Crippen molar-refractivity contribution in [2.45, 2.75) is 17.7 Å². The summed E-state index contributed by atoms with van der Waals surface area (Å²) in [5.41, 5.74) is 0.0712. The minimum absolute atomic E-state index is 0.108. The van der Waals surface area contributed by atoms with E-state index in [1.54, 1.807) is 4.90 Å². The summed E-state index contributed by atoms with van der Waals surface area (Å²) in [5, 5.41) is 0. The van der Waals surface area contributed by atoms with E-state index in [2.05, 4.69) is 9.71 Å². The van der Waals surface area contributed by atoms with Crippen LogP contribution in [0.1, 0.15) is 23.3 Å². The largest absolute Gasteiger partial charge is 0.356 e. The van der Waals surface area contributed by atoms with Crippen LogP contribution in [0, 0.1) is 5.82 Å². The number of hydrogen-bond donors (Lipinski definition) is 2. The van der Waals surface area contributed by atoms with Crippen molar-refractivity contribution < 1.29 is 17.6 Å². The van der Waals surface area contributed by atoms with E-state index in [1.165, 1.54) is 30.5 Å². The smallest absolute Gasteiger partial charge is 0.270 e. The van der Waals surface area contributed by atoms with E-state index in [4.69, 9.17) is 0 Å². The number of nitrogens with one attached hydrogen (secondary N) is 2. The van der Waals surface area contributed by atoms with Gasteiger partial charge < -0.3 is 9.88 Å². The van der Waals surface area contributed by atoms with Crippen LogP contribution in [0.2, 0.25) is 0 Å². The van der Waals surface area contributed by atoms with E-state index in [-0.39, 0.29) is 22.2 Å². The fraction of sp³-hybridized carbons (Fsp3) is 0.267. The van der Waals surface area contributed by atoms with Gasteiger partial charge in [-0.05, 0) is 31.0 Å². The van der Waals surface area contributed by atoms with Crippen molar-refractivity contribution in [2.24, 2.45) is 0 Å². The van der Waals surface area contributed by atoms with Crippen molar-refractivity contribution in [2.75, 3.05) is 17.8 Å². The monoisotopic (exact) mass is 337 g/mol. The Balaban J connectivity index is 1.81. The number of anilines is 1. The van der Waals surface area contributed by atoms with E-state index >= 15 is 0 Å². The summed E-state index contributed by atoms with van der Waals surface area (Å²) in [7, 11) is -3.96. The van der Waals surface area contributed by atoms with Gasteiger partial charge in [0.05, 0.1) is 5.69 Å². The van der Waals surface area contributed by atoms with Crippen LogP contribution in [-0.2, 0) is 10.0 Å². The number of rotatable bonds is 4. The number of halogens is 1. The molecule has 6 nitrogen and oxygen atoms in total. The molecule has 122 valence electrons. The van der Waals surface area contributed by atoms with Gasteiger partial charge in [-0.25, -0.2) is 12.8 Å². The summed E-state index contributed by atoms with van der Waals surface area (Å²) in [6.07, 6.45) is 3.13. The van der Waals surface area contributed by atoms with Gasteiger partial charge in [0, 0.05) is 19.3 Å². The van der Waals surface area contributed by atoms with Gasteiger partial charge in [0.2, 0.25) is 0 Å². The second-order valence-electron chi connectivity index (χ2n) is 5.33. The normalized spacial score (nSPS) is 14.9. The Morgan fingerprint density at radius 3 is 2.61 bits per heavy atom. The molecule has 0 bridgehead atoms. The topological polar surface area (TPSA) is 82.3 Å². The third-order valence-corrected chi connectivity index (χ3v) is 5.05. The van der Waals surface area contributed by atoms with E-state index in [0.717, 1.165) is 18.9 Å². The lowest BCUT2D eigenvalue weighted by Gasteiger charge is -2.13. The Bertz CT molecular complexity index is 826. The number of benzene rings is 1. The summed E-state index contributed by atoms with van der Waals surface area (Å²) in [6.45, 7) is 1.35. The highest BCUT2D eigenvalue weighted by Gasteiger charge is 2.24. The summed E-state index contributed by atoms with van der Waals surface area (Å²) < 4.78 is 40.3. The molecule has 0 aliphatic carbocycles. The Morgan fingerprint density at radius 2 is 1.91 bits per heavy atom. The van der Waals surface area contributed by atoms with Crippen LogP contribution in [0.15, 0.2) is 41.4 Å². The van der Waals surface area contributed by atoms with E-state index in [0.29, 0.717) is 13.1 Å². The van der Waals surface area contributed by atoms with Gasteiger partial charge in [-0.2, -0.15) is 0 Å². The molecule has 1 aromatic heterocycles. The number of carbonyl (C=O) groups excluding carboxylic acids is 1. The predicted molar refractivity (Wildman–Crippen MR) is 83.1 cm³/mol. The molecule has 8 heteroatoms. The molecule has 23 heavy (non-hydrogen) atoms. The lowest BCUT2D eigenvalue weighted by Crippen LogP contribution is -2.27. The van der Waals surface area contributed by atoms with Gasteiger partial charge in [0.15, 0.2) is 0 Å². The summed E-state index contributed by atoms with van der Waals surface area (Å²) in [4.78, 5) is 16.5. The second-order valence-corrected chi connectivity index (χ2v) is 7.02. The number of carbonyl (C=O) groups is 1. The molecular formula is C15H16FN3O3S. The Hall–Kier alpha value is -2.35. The molecule has 1 aromatic carbocycles. The van der Waals surface area contributed by atoms with Crippen molar-refractivity contribution in [1.82, 2.24) is 9.88 Å². The standard InChI is InChI=1S/C15H16FN3O3S/c16-12-5-1-2-6-13(12)18-23(21,22)11-9-14(17-10-11)15(20)19-7-3-4-8-19/h1-2,5-6,9-10,17-18H,3-4,7-8H2. The fourth-order valence-corrected chi connectivity index (χ4v) is 3.55. The SMILES string of the molecule is O=C(c1cc(S(=O)(=O)Nc2ccccc2F)c[nH]1)N1CCCC1. The highest BCUT2D eigenvalue weighted by atomic mass is 32.2. The minimum atomic E-state index is -3.96. The number of aromatic amines is 1. The number of nitrogens with zero attached hydrogens (tertiary/aromatic N) is 1. The molecule has 1 aliphatic rings. The quantitative estimate of drug-likeness (QED) is 0.897. The van der Waals surface area contributed by atoms with Crippen LogP contribution in [0.25, 0.3) is 0 Å². The van der Waals surface area contributed by atoms with Crippen LogP contribution in [0.3, 0.4) is 0 Å². The fourth-order valence-electron chi connectivity index (χ4n) is 2.49. The van der Waals surface area contributed by atoms with Crippen molar-refractivity contribution in [3.63, 3.8) is 0 Å². The lowest BCUT2D eigenvalue weighted by atomic mass is 10.3. The third kappa shape index (κ3) is 3.21. The molecule has 0 radical (unpaired) electrons. The molecule has 1 saturated heterocycles. The number of aromatic nitrogens is 1. The lowest BCUT2D eigenvalue weighted by molar-refractivity contribution is 0.0787. The molecule has 1 aliphatic heterocycles. The zero-order valence-corrected chi connectivity index (χ0v) is 13.1. The van der Waals surface area contributed by atoms with Gasteiger partial charge in [-0.3, -0.25) is 9.52 Å². The van der Waals surface area contributed by atoms with E-state index < -0.39 is 15.8 Å². The molecule has 1 fully saturated rings. The van der Waals surface area contributed by atoms with Crippen molar-refractivity contribution in [1.29, 1.82) is 0 Å². The van der Waals surface area contributed by atoms with Gasteiger partial charge >= 0.3 is 0 Å². The van der Waals surface area contributed by atoms with Crippen molar-refractivity contribution in [3.8, 4) is 0 Å². The molecule has 1 amide bonds. The first-order valence-electron chi connectivity index (χ1n) is 7.22. The van der Waals surface area contributed by atoms with Gasteiger partial charge in [-0.1, -0.05) is 12.1 Å². The second kappa shape index (κ2) is 6.04. The van der Waals surface area contributed by atoms with Crippen LogP contribution in [-0.4, -0.2) is 37.3 Å². The third-order valence-electron chi connectivity index (χ3n) is 3.71. The van der Waals surface area contributed by atoms with Crippen LogP contribution in [0.5, 0.6) is 0 Å². The average molecular weight is 337 g/mol. The Kier molecular flexibility index (Phi) is 4.08. The van der Waals surface area contributed by atoms with Crippen molar-refractivity contribution >= 4 is 21.6 Å². The maximum Gasteiger partial charge on any atom is 0.270 e. The molecular weight excluding hydrogens is 321 g/mol. The molecule has 0 saturated carbocycles. The van der Waals surface area contributed by atoms with Crippen molar-refractivity contribution in [3.05, 3.63) is 48.0 Å². The summed E-state index contributed by atoms with van der Waals surface area (Å²) in [5.74, 6) is -0.894. The van der Waals surface area contributed by atoms with Crippen LogP contribution in [0.4, 0.5) is 10.1 Å². The minimum Gasteiger partial charge on any atom is -0.356 e. The first kappa shape index (κ1) is 15.5. The average Bonchev–Trinajstić information content (AvgIpc) is 3.20. The van der Waals surface area contributed by atoms with Crippen LogP contribution >= 0.6 is 0 Å². The number of hydrogen-bond acceptors (Lipinski definition) is 3. The summed E-state index contributed by atoms with van der Waals surface area (Å²) in [6, 6.07) is 6.76. The van der Waals surface area contributed by atoms with Gasteiger partial charge in [0.1, 0.15) is 16.4 Å². The number of likely N-dealkylation sites (tertiary alicyclic amines) is 1. The molecule has 0 atom stereocenters. The molecule has 2 N–H and O–H groups in total. The van der Waals surface area contributed by atoms with Gasteiger partial charge in [0.25, 0.3) is 15.9 Å². The first-order valence-corrected chi connectivity index (χ1v) is 8.71. The maximum atomic E-state index is 13.6. The Morgan fingerprint density at radius 1 is 1.22 bits per heavy atom. The first-order chi connectivity index (χ1) is 11.0. The van der Waals surface area contributed by atoms with E-state index in [1.807, 2.05) is 0 Å². The molecule has 3 rings (SSSR count). The molecule has 2 heterocycles. The van der Waals surface area contributed by atoms with Crippen LogP contribution < -0.4 is 4.72 Å². The number of amides is 1. The Labute approximate surface area is 133 Å². The number of H-pyrrole nitrogens is 1. The van der Waals surface area contributed by atoms with E-state index in [9.17, 15) is 17.6 Å². The summed E-state index contributed by atoms with van der Waals surface area (Å²) >= 11 is 0. The molecule has 0 unspecified atom stereocenters. The zero-order valence-electron chi connectivity index (χ0n) is 12.3. The highest BCUT2D eigenvalue weighted by molar-refractivity contribution is 7.92. The number of para-hydroxylation sites is 1. The molecule has 2 aromatic rings. The maximum absolute atomic E-state index is 13.6.